The summed E-state index contributed by atoms with van der Waals surface area (Å²) in [5, 5.41) is 0. The molecule has 0 saturated heterocycles. The summed E-state index contributed by atoms with van der Waals surface area (Å²) in [7, 11) is -3.55. The monoisotopic (exact) mass is 508 g/mol. The van der Waals surface area contributed by atoms with Crippen molar-refractivity contribution < 1.29 is 30.8 Å². The number of sulfonamides is 1. The predicted octanol–water partition coefficient (Wildman–Crippen LogP) is 3.44. The summed E-state index contributed by atoms with van der Waals surface area (Å²) in [4.78, 5) is 0.299. The van der Waals surface area contributed by atoms with Gasteiger partial charge in [-0.3, -0.25) is 0 Å². The Morgan fingerprint density at radius 1 is 1.04 bits per heavy atom. The van der Waals surface area contributed by atoms with E-state index in [0.717, 1.165) is 23.1 Å². The van der Waals surface area contributed by atoms with Crippen LogP contribution < -0.4 is 0 Å². The Hall–Kier alpha value is -1.46. The van der Waals surface area contributed by atoms with Crippen molar-refractivity contribution in [2.45, 2.75) is 18.2 Å². The fraction of sp³-hybridized carbons (Fsp3) is 0.167. The van der Waals surface area contributed by atoms with E-state index in [1.54, 1.807) is 12.1 Å². The summed E-state index contributed by atoms with van der Waals surface area (Å²) in [6.45, 7) is 2.29. The van der Waals surface area contributed by atoms with Crippen LogP contribution in [0.4, 0.5) is 0 Å². The van der Waals surface area contributed by atoms with E-state index in [4.69, 9.17) is 0 Å². The van der Waals surface area contributed by atoms with Crippen molar-refractivity contribution in [2.75, 3.05) is 6.54 Å². The third kappa shape index (κ3) is 3.90. The molecule has 2 aromatic rings. The minimum atomic E-state index is -3.55. The molecule has 1 heterocycles. The third-order valence-electron chi connectivity index (χ3n) is 3.63. The molecule has 0 spiro atoms. The van der Waals surface area contributed by atoms with Crippen molar-refractivity contribution >= 4 is 15.6 Å². The van der Waals surface area contributed by atoms with Crippen molar-refractivity contribution in [2.24, 2.45) is 0 Å². The van der Waals surface area contributed by atoms with Crippen molar-refractivity contribution in [3.63, 3.8) is 0 Å². The van der Waals surface area contributed by atoms with Gasteiger partial charge >= 0.3 is 22.4 Å². The van der Waals surface area contributed by atoms with Gasteiger partial charge in [0.05, 0.1) is 17.7 Å². The van der Waals surface area contributed by atoms with E-state index in [9.17, 15) is 8.42 Å². The molecule has 3 rings (SSSR count). The van der Waals surface area contributed by atoms with Gasteiger partial charge in [0.1, 0.15) is 0 Å². The molecule has 0 aliphatic carbocycles. The fourth-order valence-electron chi connectivity index (χ4n) is 2.39. The molecular weight excluding hydrogens is 491 g/mol. The molecule has 2 aromatic carbocycles. The zero-order chi connectivity index (χ0) is 15.6. The quantitative estimate of drug-likeness (QED) is 0.471. The molecule has 0 N–H and O–H groups in total. The van der Waals surface area contributed by atoms with E-state index >= 15 is 0 Å². The normalized spacial score (nSPS) is 14.5. The molecule has 122 valence electrons. The molecule has 1 aliphatic rings. The Morgan fingerprint density at radius 3 is 2.35 bits per heavy atom. The number of hydrogen-bond donors (Lipinski definition) is 0. The summed E-state index contributed by atoms with van der Waals surface area (Å²) in [5.41, 5.74) is 2.93. The number of benzene rings is 2. The first kappa shape index (κ1) is 17.9. The molecule has 0 unspecified atom stereocenters. The molecule has 3 nitrogen and oxygen atoms in total. The molecule has 1 aliphatic heterocycles. The third-order valence-corrected chi connectivity index (χ3v) is 5.32. The second kappa shape index (κ2) is 7.41. The largest absolute Gasteiger partial charge is 1.00 e. The van der Waals surface area contributed by atoms with Crippen molar-refractivity contribution in [3.05, 3.63) is 78.3 Å². The van der Waals surface area contributed by atoms with Gasteiger partial charge in [-0.05, 0) is 19.1 Å². The van der Waals surface area contributed by atoms with Crippen molar-refractivity contribution in [3.8, 4) is 0 Å². The van der Waals surface area contributed by atoms with Crippen LogP contribution in [0.5, 0.6) is 0 Å². The summed E-state index contributed by atoms with van der Waals surface area (Å²) in [6, 6.07) is 16.7. The number of allylic oxidation sites excluding steroid dienone is 1. The molecule has 0 radical (unpaired) electrons. The second-order valence-corrected chi connectivity index (χ2v) is 7.16. The second-order valence-electron chi connectivity index (χ2n) is 5.30. The van der Waals surface area contributed by atoms with Gasteiger partial charge < -0.3 is 4.31 Å². The minimum absolute atomic E-state index is 0. The Balaban J connectivity index is 0.00000192. The number of nitrogens with zero attached hydrogens (tertiary/aromatic N) is 1. The molecule has 0 amide bonds. The zero-order valence-electron chi connectivity index (χ0n) is 12.7. The van der Waals surface area contributed by atoms with Gasteiger partial charge in [-0.15, -0.1) is 18.3 Å². The Bertz CT molecular complexity index is 784. The maximum Gasteiger partial charge on any atom is 1.00 e. The van der Waals surface area contributed by atoms with Crippen molar-refractivity contribution in [1.82, 2.24) is 4.31 Å². The van der Waals surface area contributed by atoms with E-state index in [1.807, 2.05) is 55.8 Å². The van der Waals surface area contributed by atoms with Gasteiger partial charge in [0, 0.05) is 0 Å². The molecule has 0 fully saturated rings. The Labute approximate surface area is 153 Å². The Kier molecular flexibility index (Phi) is 5.76. The summed E-state index contributed by atoms with van der Waals surface area (Å²) < 4.78 is 26.7. The Morgan fingerprint density at radius 2 is 1.70 bits per heavy atom. The number of rotatable bonds is 3. The first-order valence-corrected chi connectivity index (χ1v) is 8.60. The van der Waals surface area contributed by atoms with Gasteiger partial charge in [-0.2, -0.15) is 11.1 Å². The number of hydrogen-bond acceptors (Lipinski definition) is 2. The molecule has 0 aromatic heterocycles. The fourth-order valence-corrected chi connectivity index (χ4v) is 3.65. The van der Waals surface area contributed by atoms with Gasteiger partial charge in [0.15, 0.2) is 6.54 Å². The first-order chi connectivity index (χ1) is 10.6. The average Bonchev–Trinajstić information content (AvgIpc) is 2.56. The van der Waals surface area contributed by atoms with E-state index < -0.39 is 10.0 Å². The molecular formula is C18H17AuNO2S+. The SMILES string of the molecule is Cc1ccc(S(=O)(=O)N2[C-]=C(c3ccccc3)C[CH+]C2)cc1.[Au+]. The van der Waals surface area contributed by atoms with E-state index in [1.165, 1.54) is 4.31 Å². The zero-order valence-corrected chi connectivity index (χ0v) is 15.6. The number of aryl methyl sites for hydroxylation is 1. The van der Waals surface area contributed by atoms with Crippen LogP contribution in [-0.4, -0.2) is 19.3 Å². The average molecular weight is 508 g/mol. The van der Waals surface area contributed by atoms with Crippen molar-refractivity contribution in [1.29, 1.82) is 0 Å². The van der Waals surface area contributed by atoms with Crippen LogP contribution >= 0.6 is 0 Å². The first-order valence-electron chi connectivity index (χ1n) is 7.16. The maximum atomic E-state index is 12.7. The molecule has 0 bridgehead atoms. The molecule has 5 heteroatoms. The van der Waals surface area contributed by atoms with Crippen LogP contribution in [0.25, 0.3) is 5.57 Å². The standard InChI is InChI=1S/C18H17NO2S.Au/c1-15-9-11-18(12-10-15)22(20,21)19-13-5-8-17(14-19)16-6-3-2-4-7-16;/h2-7,9-12H,8,13H2,1H3;/q;+1. The van der Waals surface area contributed by atoms with Gasteiger partial charge in [-0.1, -0.05) is 35.9 Å². The molecule has 23 heavy (non-hydrogen) atoms. The van der Waals surface area contributed by atoms with Crippen LogP contribution in [0.2, 0.25) is 0 Å². The summed E-state index contributed by atoms with van der Waals surface area (Å²) in [5.74, 6) is 0. The van der Waals surface area contributed by atoms with Crippen LogP contribution in [0, 0.1) is 19.5 Å². The smallest absolute Gasteiger partial charge is 0.322 e. The van der Waals surface area contributed by atoms with Gasteiger partial charge in [0.2, 0.25) is 0 Å². The molecule has 0 saturated carbocycles. The summed E-state index contributed by atoms with van der Waals surface area (Å²) >= 11 is 0. The topological polar surface area (TPSA) is 37.4 Å². The minimum Gasteiger partial charge on any atom is -0.322 e. The van der Waals surface area contributed by atoms with Crippen LogP contribution in [-0.2, 0) is 32.4 Å². The van der Waals surface area contributed by atoms with Crippen LogP contribution in [0.1, 0.15) is 17.5 Å². The van der Waals surface area contributed by atoms with E-state index in [2.05, 4.69) is 6.20 Å². The van der Waals surface area contributed by atoms with Crippen LogP contribution in [0.15, 0.2) is 59.5 Å². The van der Waals surface area contributed by atoms with Gasteiger partial charge in [0.25, 0.3) is 10.0 Å². The van der Waals surface area contributed by atoms with E-state index in [-0.39, 0.29) is 22.4 Å². The van der Waals surface area contributed by atoms with Gasteiger partial charge in [-0.25, -0.2) is 8.42 Å². The molecule has 0 atom stereocenters. The maximum absolute atomic E-state index is 12.7. The van der Waals surface area contributed by atoms with Crippen LogP contribution in [0.3, 0.4) is 0 Å². The van der Waals surface area contributed by atoms with E-state index in [0.29, 0.717) is 11.4 Å². The summed E-state index contributed by atoms with van der Waals surface area (Å²) in [6.07, 6.45) is 5.74. The predicted molar refractivity (Wildman–Crippen MR) is 87.1 cm³/mol.